The summed E-state index contributed by atoms with van der Waals surface area (Å²) in [5.41, 5.74) is 12.1. The average molecular weight is 1340 g/mol. The zero-order chi connectivity index (χ0) is 66.4. The van der Waals surface area contributed by atoms with Crippen molar-refractivity contribution < 1.29 is 43.4 Å². The zero-order valence-corrected chi connectivity index (χ0v) is 54.7. The van der Waals surface area contributed by atoms with Gasteiger partial charge in [0.2, 0.25) is 23.6 Å². The summed E-state index contributed by atoms with van der Waals surface area (Å²) >= 11 is 3.48. The van der Waals surface area contributed by atoms with E-state index in [0.29, 0.717) is 73.9 Å². The molecule has 0 spiro atoms. The van der Waals surface area contributed by atoms with Crippen LogP contribution in [0.15, 0.2) is 126 Å². The molecular formula is C67H83BrN16O9. The lowest BCUT2D eigenvalue weighted by Gasteiger charge is -2.36. The summed E-state index contributed by atoms with van der Waals surface area (Å²) < 4.78 is 6.21. The predicted molar refractivity (Wildman–Crippen MR) is 355 cm³/mol. The van der Waals surface area contributed by atoms with Crippen LogP contribution in [0.3, 0.4) is 0 Å². The standard InChI is InChI=1S/C38H47N9O5.C29H36BrN7O4/c1-3-47(4-2)21-20-39-35(48)29-14-12-27(13-15-29)31-7-5-6-26(22-31)23-33(42-36(49)30-10-8-25(9-11-30)24-40-38(51)52)37(50)41-32-18-16-28(17-19-32)34-43-45-46-44-34;1-29(2,3)41-28(40)32-17-18-7-9-21(10-8-18)27(39)37(23-13-11-20(12-14-23)26-33-35-36-34-26)24(25(31)38)16-19-5-4-6-22(30)15-19/h5-7,12-19,22,25,30,33,40H,3-4,8-11,20-21,23-24H2,1-2H3,(H,39,48)(H,41,50)(H,42,49)(H,51,52)(H,43,44,45,46);4-6,11-15,18,21,24H,7-10,16-17H2,1-3H3,(H2,31,38)(H,32,40)(H,33,34,35,36)/t25-,30-,33-;18-,21-,24-/m00/s1. The number of aromatic amines is 2. The van der Waals surface area contributed by atoms with E-state index in [1.165, 1.54) is 0 Å². The number of ether oxygens (including phenoxy) is 1. The van der Waals surface area contributed by atoms with E-state index in [-0.39, 0.29) is 60.1 Å². The number of likely N-dealkylation sites (N-methyl/N-ethyl adjacent to an activating group) is 1. The van der Waals surface area contributed by atoms with Crippen LogP contribution in [-0.4, -0.2) is 150 Å². The second kappa shape index (κ2) is 33.8. The van der Waals surface area contributed by atoms with E-state index in [9.17, 15) is 33.6 Å². The fraction of sp³-hybridized carbons (Fsp3) is 0.418. The fourth-order valence-electron chi connectivity index (χ4n) is 11.6. The summed E-state index contributed by atoms with van der Waals surface area (Å²) in [5, 5.41) is 50.9. The number of anilines is 2. The summed E-state index contributed by atoms with van der Waals surface area (Å²) in [6.45, 7) is 13.8. The molecule has 9 rings (SSSR count). The van der Waals surface area contributed by atoms with E-state index in [2.05, 4.69) is 103 Å². The predicted octanol–water partition coefficient (Wildman–Crippen LogP) is 8.74. The van der Waals surface area contributed by atoms with Crippen molar-refractivity contribution in [1.29, 1.82) is 0 Å². The first kappa shape index (κ1) is 69.5. The van der Waals surface area contributed by atoms with Gasteiger partial charge in [-0.15, -0.1) is 10.2 Å². The number of hydrogen-bond acceptors (Lipinski definition) is 15. The van der Waals surface area contributed by atoms with Gasteiger partial charge in [0, 0.05) is 83.4 Å². The van der Waals surface area contributed by atoms with Gasteiger partial charge in [-0.2, -0.15) is 0 Å². The average Bonchev–Trinajstić information content (AvgIpc) is 1.07. The van der Waals surface area contributed by atoms with Crippen LogP contribution in [0.2, 0.25) is 0 Å². The molecule has 2 aliphatic carbocycles. The van der Waals surface area contributed by atoms with Gasteiger partial charge in [-0.25, -0.2) is 19.8 Å². The van der Waals surface area contributed by atoms with E-state index >= 15 is 0 Å². The van der Waals surface area contributed by atoms with Crippen molar-refractivity contribution in [2.24, 2.45) is 29.4 Å². The summed E-state index contributed by atoms with van der Waals surface area (Å²) in [5.74, 6) is -0.541. The molecule has 2 aliphatic rings. The number of carbonyl (C=O) groups is 7. The molecule has 2 fully saturated rings. The molecule has 26 heteroatoms. The van der Waals surface area contributed by atoms with E-state index in [1.807, 2.05) is 93.6 Å². The highest BCUT2D eigenvalue weighted by Gasteiger charge is 2.37. The van der Waals surface area contributed by atoms with Crippen molar-refractivity contribution in [3.63, 3.8) is 0 Å². The molecule has 2 heterocycles. The van der Waals surface area contributed by atoms with Crippen LogP contribution in [0.4, 0.5) is 21.0 Å². The Labute approximate surface area is 549 Å². The van der Waals surface area contributed by atoms with E-state index in [0.717, 1.165) is 83.2 Å². The molecule has 0 unspecified atom stereocenters. The molecule has 492 valence electrons. The third-order valence-electron chi connectivity index (χ3n) is 16.7. The Morgan fingerprint density at radius 2 is 1.23 bits per heavy atom. The van der Waals surface area contributed by atoms with Crippen LogP contribution in [0, 0.1) is 23.7 Å². The first-order chi connectivity index (χ1) is 44.7. The highest BCUT2D eigenvalue weighted by Crippen LogP contribution is 2.34. The van der Waals surface area contributed by atoms with Crippen LogP contribution >= 0.6 is 15.9 Å². The Bertz CT molecular complexity index is 3570. The molecular weight excluding hydrogens is 1250 g/mol. The second-order valence-electron chi connectivity index (χ2n) is 24.4. The minimum absolute atomic E-state index is 0.118. The lowest BCUT2D eigenvalue weighted by Crippen LogP contribution is -2.52. The van der Waals surface area contributed by atoms with Gasteiger partial charge in [-0.05, 0) is 213 Å². The van der Waals surface area contributed by atoms with Gasteiger partial charge in [0.05, 0.1) is 0 Å². The molecule has 0 aliphatic heterocycles. The van der Waals surface area contributed by atoms with Crippen molar-refractivity contribution in [3.8, 4) is 33.9 Å². The van der Waals surface area contributed by atoms with Gasteiger partial charge >= 0.3 is 12.2 Å². The van der Waals surface area contributed by atoms with Crippen molar-refractivity contribution in [3.05, 3.63) is 142 Å². The quantitative estimate of drug-likeness (QED) is 0.0258. The van der Waals surface area contributed by atoms with Gasteiger partial charge in [0.25, 0.3) is 5.91 Å². The lowest BCUT2D eigenvalue weighted by atomic mass is 9.81. The number of primary amides is 1. The molecule has 0 bridgehead atoms. The molecule has 25 nitrogen and oxygen atoms in total. The number of amides is 7. The van der Waals surface area contributed by atoms with Crippen LogP contribution in [0.1, 0.15) is 107 Å². The third-order valence-corrected chi connectivity index (χ3v) is 17.2. The largest absolute Gasteiger partial charge is 0.465 e. The number of benzene rings is 5. The molecule has 7 aromatic rings. The van der Waals surface area contributed by atoms with E-state index < -0.39 is 35.8 Å². The SMILES string of the molecule is CC(C)(C)OC(=O)NC[C@H]1CC[C@H](C(=O)N(c2ccc(-c3nnn[nH]3)cc2)[C@@H](Cc2cccc(Br)c2)C(N)=O)CC1.CCN(CC)CCNC(=O)c1ccc(-c2cccc(C[C@H](NC(=O)[C@H]3CC[C@H](CNC(=O)O)CC3)C(=O)Nc3ccc(-c4nnn[nH]4)cc3)c2)cc1. The smallest absolute Gasteiger partial charge is 0.407 e. The molecule has 2 saturated carbocycles. The van der Waals surface area contributed by atoms with Crippen molar-refractivity contribution in [1.82, 2.24) is 67.4 Å². The number of tetrazole rings is 2. The maximum atomic E-state index is 14.1. The number of alkyl carbamates (subject to hydrolysis) is 1. The van der Waals surface area contributed by atoms with Gasteiger partial charge in [-0.1, -0.05) is 78.3 Å². The Morgan fingerprint density at radius 1 is 0.667 bits per heavy atom. The van der Waals surface area contributed by atoms with E-state index in [4.69, 9.17) is 15.6 Å². The van der Waals surface area contributed by atoms with Crippen LogP contribution in [-0.2, 0) is 36.8 Å². The molecule has 0 radical (unpaired) electrons. The third kappa shape index (κ3) is 21.1. The number of carboxylic acid groups (broad SMARTS) is 1. The van der Waals surface area contributed by atoms with Gasteiger partial charge < -0.3 is 47.1 Å². The van der Waals surface area contributed by atoms with Crippen molar-refractivity contribution in [2.75, 3.05) is 49.5 Å². The molecule has 93 heavy (non-hydrogen) atoms. The molecule has 7 amide bonds. The number of rotatable bonds is 25. The summed E-state index contributed by atoms with van der Waals surface area (Å²) in [7, 11) is 0. The molecule has 2 atom stereocenters. The maximum absolute atomic E-state index is 14.1. The first-order valence-electron chi connectivity index (χ1n) is 31.5. The zero-order valence-electron chi connectivity index (χ0n) is 53.1. The van der Waals surface area contributed by atoms with Gasteiger partial charge in [0.1, 0.15) is 17.7 Å². The highest BCUT2D eigenvalue weighted by atomic mass is 79.9. The number of nitrogens with two attached hydrogens (primary N) is 1. The summed E-state index contributed by atoms with van der Waals surface area (Å²) in [4.78, 5) is 93.9. The van der Waals surface area contributed by atoms with Crippen LogP contribution < -0.4 is 37.2 Å². The van der Waals surface area contributed by atoms with Gasteiger partial charge in [0.15, 0.2) is 11.6 Å². The van der Waals surface area contributed by atoms with Crippen molar-refractivity contribution >= 4 is 69.0 Å². The number of halogens is 1. The first-order valence-corrected chi connectivity index (χ1v) is 32.3. The normalized spacial score (nSPS) is 16.9. The van der Waals surface area contributed by atoms with Gasteiger partial charge in [-0.3, -0.25) is 28.9 Å². The highest BCUT2D eigenvalue weighted by molar-refractivity contribution is 9.10. The Balaban J connectivity index is 0.000000246. The monoisotopic (exact) mass is 1330 g/mol. The second-order valence-corrected chi connectivity index (χ2v) is 25.3. The Morgan fingerprint density at radius 3 is 1.77 bits per heavy atom. The number of carbonyl (C=O) groups excluding carboxylic acids is 6. The molecule has 0 saturated heterocycles. The number of nitrogens with one attached hydrogen (secondary N) is 7. The molecule has 2 aromatic heterocycles. The number of nitrogens with zero attached hydrogens (tertiary/aromatic N) is 8. The molecule has 10 N–H and O–H groups in total. The topological polar surface area (TPSA) is 351 Å². The van der Waals surface area contributed by atoms with E-state index in [1.54, 1.807) is 53.4 Å². The fourth-order valence-corrected chi connectivity index (χ4v) is 12.0. The Hall–Kier alpha value is -9.43. The summed E-state index contributed by atoms with van der Waals surface area (Å²) in [6.07, 6.45) is 4.51. The lowest BCUT2D eigenvalue weighted by molar-refractivity contribution is -0.130. The minimum Gasteiger partial charge on any atom is -0.465 e. The maximum Gasteiger partial charge on any atom is 0.407 e. The van der Waals surface area contributed by atoms with Crippen LogP contribution in [0.5, 0.6) is 0 Å². The number of H-pyrrole nitrogens is 2. The number of aromatic nitrogens is 8. The number of hydrogen-bond donors (Lipinski definition) is 9. The molecule has 5 aromatic carbocycles. The Kier molecular flexibility index (Phi) is 25.2. The van der Waals surface area contributed by atoms with Crippen molar-refractivity contribution in [2.45, 2.75) is 117 Å². The summed E-state index contributed by atoms with van der Waals surface area (Å²) in [6, 6.07) is 35.3. The minimum atomic E-state index is -1.05. The van der Waals surface area contributed by atoms with Crippen LogP contribution in [0.25, 0.3) is 33.9 Å².